The third-order valence-electron chi connectivity index (χ3n) is 3.79. The number of fused-ring (bicyclic) bond motifs is 3. The van der Waals surface area contributed by atoms with Crippen LogP contribution in [-0.4, -0.2) is 4.86 Å². The van der Waals surface area contributed by atoms with Crippen molar-refractivity contribution in [2.45, 2.75) is 0 Å². The predicted octanol–water partition coefficient (Wildman–Crippen LogP) is 2.90. The van der Waals surface area contributed by atoms with E-state index in [-0.39, 0.29) is 0 Å². The summed E-state index contributed by atoms with van der Waals surface area (Å²) < 4.78 is 0. The molecule has 1 atom stereocenters. The normalized spacial score (nSPS) is 20.1. The number of benzene rings is 2. The smallest absolute Gasteiger partial charge is 0.0377 e. The van der Waals surface area contributed by atoms with Crippen LogP contribution in [0.5, 0.6) is 0 Å². The zero-order chi connectivity index (χ0) is 12.8. The summed E-state index contributed by atoms with van der Waals surface area (Å²) in [6.45, 7) is 0. The topological polar surface area (TPSA) is 0 Å². The molecular formula is C18H12S. The molecule has 0 spiro atoms. The molecule has 0 aliphatic heterocycles. The molecule has 0 aromatic heterocycles. The molecule has 2 aliphatic rings. The third-order valence-corrected chi connectivity index (χ3v) is 4.05. The van der Waals surface area contributed by atoms with Crippen LogP contribution in [0.4, 0.5) is 0 Å². The van der Waals surface area contributed by atoms with Gasteiger partial charge in [0.1, 0.15) is 0 Å². The number of thiocarbonyl (C=S) groups is 1. The van der Waals surface area contributed by atoms with E-state index in [1.54, 1.807) is 0 Å². The van der Waals surface area contributed by atoms with E-state index in [1.165, 1.54) is 26.8 Å². The highest BCUT2D eigenvalue weighted by molar-refractivity contribution is 7.81. The second-order valence-electron chi connectivity index (χ2n) is 5.07. The Morgan fingerprint density at radius 1 is 0.895 bits per heavy atom. The molecule has 2 aromatic carbocycles. The lowest BCUT2D eigenvalue weighted by Crippen LogP contribution is -2.30. The van der Waals surface area contributed by atoms with Gasteiger partial charge in [0.2, 0.25) is 0 Å². The Labute approximate surface area is 117 Å². The Kier molecular flexibility index (Phi) is 2.30. The van der Waals surface area contributed by atoms with Crippen LogP contribution in [0.2, 0.25) is 0 Å². The Morgan fingerprint density at radius 3 is 2.42 bits per heavy atom. The molecule has 0 saturated carbocycles. The van der Waals surface area contributed by atoms with Crippen molar-refractivity contribution >= 4 is 40.0 Å². The van der Waals surface area contributed by atoms with Gasteiger partial charge in [-0.3, -0.25) is 0 Å². The van der Waals surface area contributed by atoms with Crippen LogP contribution in [0.3, 0.4) is 0 Å². The van der Waals surface area contributed by atoms with E-state index in [2.05, 4.69) is 60.7 Å². The average molecular weight is 260 g/mol. The van der Waals surface area contributed by atoms with Crippen molar-refractivity contribution in [3.63, 3.8) is 0 Å². The number of hydrogen-bond donors (Lipinski definition) is 0. The van der Waals surface area contributed by atoms with Gasteiger partial charge in [-0.05, 0) is 51.1 Å². The first kappa shape index (κ1) is 10.9. The number of hydrogen-bond acceptors (Lipinski definition) is 1. The Bertz CT molecular complexity index is 882. The third kappa shape index (κ3) is 1.78. The van der Waals surface area contributed by atoms with E-state index < -0.39 is 0 Å². The van der Waals surface area contributed by atoms with Gasteiger partial charge in [-0.2, -0.15) is 0 Å². The second kappa shape index (κ2) is 4.01. The van der Waals surface area contributed by atoms with E-state index in [0.29, 0.717) is 5.92 Å². The Balaban J connectivity index is 2.06. The Morgan fingerprint density at radius 2 is 1.63 bits per heavy atom. The number of rotatable bonds is 0. The van der Waals surface area contributed by atoms with E-state index in [0.717, 1.165) is 4.86 Å². The van der Waals surface area contributed by atoms with Gasteiger partial charge in [-0.25, -0.2) is 0 Å². The van der Waals surface area contributed by atoms with Crippen LogP contribution in [0.15, 0.2) is 60.2 Å². The first-order valence-electron chi connectivity index (χ1n) is 6.46. The lowest BCUT2D eigenvalue weighted by molar-refractivity contribution is 1.06. The summed E-state index contributed by atoms with van der Waals surface area (Å²) in [6.07, 6.45) is 10.9. The second-order valence-corrected chi connectivity index (χ2v) is 5.54. The molecule has 1 unspecified atom stereocenters. The van der Waals surface area contributed by atoms with Crippen molar-refractivity contribution in [2.75, 3.05) is 0 Å². The first-order valence-corrected chi connectivity index (χ1v) is 6.87. The number of allylic oxidation sites excluding steroid dienone is 4. The SMILES string of the molecule is S=C1C=CC2C=c3cc4ccccc4cc3=CC2=C1. The van der Waals surface area contributed by atoms with Crippen LogP contribution < -0.4 is 10.4 Å². The van der Waals surface area contributed by atoms with Crippen molar-refractivity contribution in [1.29, 1.82) is 0 Å². The van der Waals surface area contributed by atoms with E-state index in [4.69, 9.17) is 12.2 Å². The molecule has 0 bridgehead atoms. The molecule has 0 saturated heterocycles. The van der Waals surface area contributed by atoms with Gasteiger partial charge in [0.05, 0.1) is 0 Å². The van der Waals surface area contributed by atoms with Gasteiger partial charge in [0.15, 0.2) is 0 Å². The molecule has 0 fully saturated rings. The standard InChI is InChI=1S/C18H12S/c19-18-6-5-14-9-15-7-12-3-1-2-4-13(12)8-16(15)10-17(14)11-18/h1-11,14H. The lowest BCUT2D eigenvalue weighted by Gasteiger charge is -2.17. The molecule has 2 aliphatic carbocycles. The molecule has 2 aromatic rings. The van der Waals surface area contributed by atoms with E-state index >= 15 is 0 Å². The average Bonchev–Trinajstić information content (AvgIpc) is 2.43. The molecule has 1 heteroatoms. The van der Waals surface area contributed by atoms with Gasteiger partial charge in [-0.15, -0.1) is 0 Å². The van der Waals surface area contributed by atoms with Crippen LogP contribution in [-0.2, 0) is 0 Å². The maximum absolute atomic E-state index is 5.25. The molecule has 19 heavy (non-hydrogen) atoms. The fourth-order valence-electron chi connectivity index (χ4n) is 2.83. The summed E-state index contributed by atoms with van der Waals surface area (Å²) >= 11 is 5.25. The van der Waals surface area contributed by atoms with Gasteiger partial charge in [0, 0.05) is 10.8 Å². The fourth-order valence-corrected chi connectivity index (χ4v) is 3.04. The van der Waals surface area contributed by atoms with Crippen LogP contribution in [0, 0.1) is 5.92 Å². The molecule has 90 valence electrons. The molecule has 0 amide bonds. The summed E-state index contributed by atoms with van der Waals surface area (Å²) in [6, 6.07) is 13.0. The maximum atomic E-state index is 5.25. The zero-order valence-corrected chi connectivity index (χ0v) is 11.2. The molecule has 0 nitrogen and oxygen atoms in total. The maximum Gasteiger partial charge on any atom is 0.0377 e. The molecule has 0 heterocycles. The Hall–Kier alpha value is -1.99. The summed E-state index contributed by atoms with van der Waals surface area (Å²) in [5.41, 5.74) is 1.30. The van der Waals surface area contributed by atoms with E-state index in [1.807, 2.05) is 6.08 Å². The van der Waals surface area contributed by atoms with Crippen molar-refractivity contribution in [2.24, 2.45) is 5.92 Å². The minimum absolute atomic E-state index is 0.375. The van der Waals surface area contributed by atoms with Crippen LogP contribution in [0.25, 0.3) is 22.9 Å². The van der Waals surface area contributed by atoms with Crippen molar-refractivity contribution in [3.05, 3.63) is 70.6 Å². The summed E-state index contributed by atoms with van der Waals surface area (Å²) in [5.74, 6) is 0.375. The summed E-state index contributed by atoms with van der Waals surface area (Å²) in [5, 5.41) is 5.20. The summed E-state index contributed by atoms with van der Waals surface area (Å²) in [4.78, 5) is 0.917. The minimum atomic E-state index is 0.375. The molecule has 0 radical (unpaired) electrons. The molecule has 0 N–H and O–H groups in total. The summed E-state index contributed by atoms with van der Waals surface area (Å²) in [7, 11) is 0. The van der Waals surface area contributed by atoms with Gasteiger partial charge in [-0.1, -0.05) is 54.7 Å². The fraction of sp³-hybridized carbons (Fsp3) is 0.0556. The van der Waals surface area contributed by atoms with Gasteiger partial charge in [0.25, 0.3) is 0 Å². The highest BCUT2D eigenvalue weighted by Crippen LogP contribution is 2.22. The monoisotopic (exact) mass is 260 g/mol. The van der Waals surface area contributed by atoms with Crippen LogP contribution in [0.1, 0.15) is 0 Å². The van der Waals surface area contributed by atoms with Crippen LogP contribution >= 0.6 is 12.2 Å². The minimum Gasteiger partial charge on any atom is -0.0801 e. The first-order chi connectivity index (χ1) is 9.29. The van der Waals surface area contributed by atoms with E-state index in [9.17, 15) is 0 Å². The van der Waals surface area contributed by atoms with Crippen molar-refractivity contribution in [1.82, 2.24) is 0 Å². The zero-order valence-electron chi connectivity index (χ0n) is 10.3. The largest absolute Gasteiger partial charge is 0.0801 e. The quantitative estimate of drug-likeness (QED) is 0.656. The molecular weight excluding hydrogens is 248 g/mol. The van der Waals surface area contributed by atoms with Crippen molar-refractivity contribution in [3.8, 4) is 0 Å². The van der Waals surface area contributed by atoms with Gasteiger partial charge >= 0.3 is 0 Å². The lowest BCUT2D eigenvalue weighted by atomic mass is 9.87. The van der Waals surface area contributed by atoms with Gasteiger partial charge < -0.3 is 0 Å². The molecule has 4 rings (SSSR count). The highest BCUT2D eigenvalue weighted by atomic mass is 32.1. The predicted molar refractivity (Wildman–Crippen MR) is 85.4 cm³/mol. The van der Waals surface area contributed by atoms with Crippen molar-refractivity contribution < 1.29 is 0 Å². The highest BCUT2D eigenvalue weighted by Gasteiger charge is 2.14.